The van der Waals surface area contributed by atoms with Gasteiger partial charge in [0.15, 0.2) is 4.96 Å². The standard InChI is InChI=1S/C24H25N5O3S2/c1-14-20(29-11-12-33-24(29)26-14)22(30)25-9-10-28(17-7-8-17)23(31)19-21(34-15(2)27-19)16-5-4-6-18(13-16)32-3/h4-6,11-13,17H,7-10H2,1-3H3,(H,25,30). The molecular weight excluding hydrogens is 470 g/mol. The summed E-state index contributed by atoms with van der Waals surface area (Å²) >= 11 is 2.99. The number of fused-ring (bicyclic) bond motifs is 1. The van der Waals surface area contributed by atoms with Gasteiger partial charge in [0.05, 0.1) is 22.7 Å². The number of hydrogen-bond acceptors (Lipinski definition) is 7. The third kappa shape index (κ3) is 4.30. The fourth-order valence-electron chi connectivity index (χ4n) is 4.05. The zero-order chi connectivity index (χ0) is 23.8. The Kier molecular flexibility index (Phi) is 6.09. The van der Waals surface area contributed by atoms with Crippen molar-refractivity contribution in [1.29, 1.82) is 0 Å². The number of amides is 2. The second-order valence-corrected chi connectivity index (χ2v) is 10.3. The second-order valence-electron chi connectivity index (χ2n) is 8.23. The molecule has 0 atom stereocenters. The highest BCUT2D eigenvalue weighted by atomic mass is 32.1. The summed E-state index contributed by atoms with van der Waals surface area (Å²) in [6, 6.07) is 7.86. The molecule has 3 aromatic heterocycles. The molecule has 0 spiro atoms. The molecule has 1 saturated carbocycles. The number of aromatic nitrogens is 3. The van der Waals surface area contributed by atoms with Crippen LogP contribution in [0.1, 0.15) is 44.5 Å². The van der Waals surface area contributed by atoms with Crippen LogP contribution in [0.4, 0.5) is 0 Å². The molecule has 1 aliphatic carbocycles. The van der Waals surface area contributed by atoms with E-state index in [-0.39, 0.29) is 17.9 Å². The molecule has 176 valence electrons. The van der Waals surface area contributed by atoms with E-state index in [0.717, 1.165) is 39.0 Å². The van der Waals surface area contributed by atoms with Gasteiger partial charge in [-0.1, -0.05) is 12.1 Å². The van der Waals surface area contributed by atoms with Gasteiger partial charge in [-0.05, 0) is 44.4 Å². The predicted molar refractivity (Wildman–Crippen MR) is 133 cm³/mol. The number of imidazole rings is 1. The van der Waals surface area contributed by atoms with Gasteiger partial charge in [-0.25, -0.2) is 9.97 Å². The Morgan fingerprint density at radius 3 is 2.85 bits per heavy atom. The topological polar surface area (TPSA) is 88.8 Å². The number of methoxy groups -OCH3 is 1. The highest BCUT2D eigenvalue weighted by Gasteiger charge is 2.35. The molecular formula is C24H25N5O3S2. The van der Waals surface area contributed by atoms with Gasteiger partial charge in [0, 0.05) is 30.7 Å². The molecule has 5 rings (SSSR count). The van der Waals surface area contributed by atoms with Crippen LogP contribution in [0.15, 0.2) is 35.8 Å². The van der Waals surface area contributed by atoms with Crippen LogP contribution in [0.25, 0.3) is 15.4 Å². The SMILES string of the molecule is COc1cccc(-c2sc(C)nc2C(=O)N(CCNC(=O)c2c(C)nc3sccn23)C2CC2)c1. The number of carbonyl (C=O) groups is 2. The van der Waals surface area contributed by atoms with E-state index in [9.17, 15) is 9.59 Å². The van der Waals surface area contributed by atoms with E-state index in [1.807, 2.05) is 54.6 Å². The Morgan fingerprint density at radius 1 is 1.26 bits per heavy atom. The van der Waals surface area contributed by atoms with Crippen molar-refractivity contribution < 1.29 is 14.3 Å². The average molecular weight is 496 g/mol. The van der Waals surface area contributed by atoms with Crippen LogP contribution in [-0.4, -0.2) is 57.3 Å². The maximum atomic E-state index is 13.6. The molecule has 0 bridgehead atoms. The number of benzene rings is 1. The van der Waals surface area contributed by atoms with Crippen molar-refractivity contribution in [3.05, 3.63) is 57.9 Å². The molecule has 0 aliphatic heterocycles. The van der Waals surface area contributed by atoms with Crippen molar-refractivity contribution in [3.63, 3.8) is 0 Å². The zero-order valence-electron chi connectivity index (χ0n) is 19.2. The zero-order valence-corrected chi connectivity index (χ0v) is 20.8. The molecule has 0 saturated heterocycles. The van der Waals surface area contributed by atoms with Crippen LogP contribution in [0.5, 0.6) is 5.75 Å². The first-order valence-electron chi connectivity index (χ1n) is 11.1. The highest BCUT2D eigenvalue weighted by Crippen LogP contribution is 2.35. The lowest BCUT2D eigenvalue weighted by Crippen LogP contribution is -2.40. The molecule has 34 heavy (non-hydrogen) atoms. The Hall–Kier alpha value is -3.24. The molecule has 0 radical (unpaired) electrons. The summed E-state index contributed by atoms with van der Waals surface area (Å²) in [6.07, 6.45) is 3.78. The summed E-state index contributed by atoms with van der Waals surface area (Å²) in [4.78, 5) is 39.0. The lowest BCUT2D eigenvalue weighted by molar-refractivity contribution is 0.0731. The first kappa shape index (κ1) is 22.5. The van der Waals surface area contributed by atoms with Gasteiger partial charge in [-0.2, -0.15) is 0 Å². The van der Waals surface area contributed by atoms with Gasteiger partial charge in [-0.3, -0.25) is 14.0 Å². The van der Waals surface area contributed by atoms with Crippen LogP contribution >= 0.6 is 22.7 Å². The number of carbonyl (C=O) groups excluding carboxylic acids is 2. The summed E-state index contributed by atoms with van der Waals surface area (Å²) in [5, 5.41) is 5.71. The second kappa shape index (κ2) is 9.19. The van der Waals surface area contributed by atoms with Gasteiger partial charge >= 0.3 is 0 Å². The van der Waals surface area contributed by atoms with E-state index in [1.54, 1.807) is 11.5 Å². The third-order valence-electron chi connectivity index (χ3n) is 5.81. The number of hydrogen-bond donors (Lipinski definition) is 1. The maximum absolute atomic E-state index is 13.6. The molecule has 8 nitrogen and oxygen atoms in total. The van der Waals surface area contributed by atoms with E-state index in [4.69, 9.17) is 4.74 Å². The normalized spacial score (nSPS) is 13.3. The molecule has 1 aromatic carbocycles. The van der Waals surface area contributed by atoms with Crippen molar-refractivity contribution in [3.8, 4) is 16.2 Å². The highest BCUT2D eigenvalue weighted by molar-refractivity contribution is 7.15. The van der Waals surface area contributed by atoms with Crippen molar-refractivity contribution >= 4 is 39.4 Å². The molecule has 3 heterocycles. The minimum Gasteiger partial charge on any atom is -0.497 e. The lowest BCUT2D eigenvalue weighted by atomic mass is 10.1. The van der Waals surface area contributed by atoms with Gasteiger partial charge < -0.3 is 15.0 Å². The summed E-state index contributed by atoms with van der Waals surface area (Å²) in [7, 11) is 1.63. The molecule has 10 heteroatoms. The smallest absolute Gasteiger partial charge is 0.274 e. The summed E-state index contributed by atoms with van der Waals surface area (Å²) < 4.78 is 7.16. The summed E-state index contributed by atoms with van der Waals surface area (Å²) in [6.45, 7) is 4.52. The minimum absolute atomic E-state index is 0.0975. The largest absolute Gasteiger partial charge is 0.497 e. The number of nitrogens with one attached hydrogen (secondary N) is 1. The number of nitrogens with zero attached hydrogens (tertiary/aromatic N) is 4. The van der Waals surface area contributed by atoms with Gasteiger partial charge in [0.1, 0.15) is 17.1 Å². The molecule has 2 amide bonds. The number of aryl methyl sites for hydroxylation is 2. The van der Waals surface area contributed by atoms with E-state index >= 15 is 0 Å². The summed E-state index contributed by atoms with van der Waals surface area (Å²) in [5.41, 5.74) is 2.60. The maximum Gasteiger partial charge on any atom is 0.274 e. The Bertz CT molecular complexity index is 1370. The molecule has 0 unspecified atom stereocenters. The molecule has 4 aromatic rings. The Labute approximate surface area is 205 Å². The number of ether oxygens (including phenoxy) is 1. The molecule has 1 aliphatic rings. The fraction of sp³-hybridized carbons (Fsp3) is 0.333. The quantitative estimate of drug-likeness (QED) is 0.396. The Morgan fingerprint density at radius 2 is 2.09 bits per heavy atom. The Balaban J connectivity index is 1.32. The van der Waals surface area contributed by atoms with Crippen LogP contribution in [0, 0.1) is 13.8 Å². The first-order chi connectivity index (χ1) is 16.5. The van der Waals surface area contributed by atoms with Crippen molar-refractivity contribution in [2.24, 2.45) is 0 Å². The molecule has 1 N–H and O–H groups in total. The lowest BCUT2D eigenvalue weighted by Gasteiger charge is -2.22. The van der Waals surface area contributed by atoms with Crippen molar-refractivity contribution in [1.82, 2.24) is 24.6 Å². The monoisotopic (exact) mass is 495 g/mol. The fourth-order valence-corrected chi connectivity index (χ4v) is 5.71. The van der Waals surface area contributed by atoms with Crippen LogP contribution in [0.3, 0.4) is 0 Å². The van der Waals surface area contributed by atoms with Gasteiger partial charge in [-0.15, -0.1) is 22.7 Å². The van der Waals surface area contributed by atoms with Gasteiger partial charge in [0.25, 0.3) is 11.8 Å². The van der Waals surface area contributed by atoms with Crippen LogP contribution < -0.4 is 10.1 Å². The van der Waals surface area contributed by atoms with Gasteiger partial charge in [0.2, 0.25) is 0 Å². The molecule has 1 fully saturated rings. The van der Waals surface area contributed by atoms with Crippen LogP contribution in [-0.2, 0) is 0 Å². The number of thiazole rings is 2. The van der Waals surface area contributed by atoms with E-state index in [2.05, 4.69) is 15.3 Å². The van der Waals surface area contributed by atoms with E-state index in [1.165, 1.54) is 22.7 Å². The minimum atomic E-state index is -0.187. The number of rotatable bonds is 8. The van der Waals surface area contributed by atoms with Crippen LogP contribution in [0.2, 0.25) is 0 Å². The van der Waals surface area contributed by atoms with E-state index in [0.29, 0.717) is 30.2 Å². The summed E-state index contributed by atoms with van der Waals surface area (Å²) in [5.74, 6) is 0.450. The van der Waals surface area contributed by atoms with E-state index < -0.39 is 0 Å². The third-order valence-corrected chi connectivity index (χ3v) is 7.58. The van der Waals surface area contributed by atoms with Crippen molar-refractivity contribution in [2.45, 2.75) is 32.7 Å². The predicted octanol–water partition coefficient (Wildman–Crippen LogP) is 4.18. The van der Waals surface area contributed by atoms with Crippen molar-refractivity contribution in [2.75, 3.05) is 20.2 Å². The average Bonchev–Trinajstić information content (AvgIpc) is 3.31. The first-order valence-corrected chi connectivity index (χ1v) is 12.8.